The minimum absolute atomic E-state index is 0.0744. The zero-order chi connectivity index (χ0) is 19.9. The van der Waals surface area contributed by atoms with Gasteiger partial charge in [0.2, 0.25) is 11.0 Å². The van der Waals surface area contributed by atoms with E-state index in [4.69, 9.17) is 9.90 Å². The van der Waals surface area contributed by atoms with Gasteiger partial charge in [0.1, 0.15) is 0 Å². The largest absolute Gasteiger partial charge is 0.490 e. The summed E-state index contributed by atoms with van der Waals surface area (Å²) in [5.41, 5.74) is 0.717. The topological polar surface area (TPSA) is 86.7 Å². The number of rotatable bonds is 3. The third-order valence-corrected chi connectivity index (χ3v) is 4.50. The van der Waals surface area contributed by atoms with Gasteiger partial charge in [0.15, 0.2) is 0 Å². The first kappa shape index (κ1) is 22.0. The number of amides is 1. The Bertz CT molecular complexity index is 638. The van der Waals surface area contributed by atoms with Gasteiger partial charge in [-0.25, -0.2) is 4.79 Å². The minimum atomic E-state index is -5.08. The molecule has 0 spiro atoms. The average molecular weight is 392 g/mol. The summed E-state index contributed by atoms with van der Waals surface area (Å²) in [6.07, 6.45) is -4.37. The number of carbonyl (C=O) groups excluding carboxylic acids is 2. The normalized spacial score (nSPS) is 19.3. The molecule has 1 amide bonds. The fraction of sp³-hybridized carbons (Fsp3) is 0.438. The molecular formula is C16H19F3N2O4S. The van der Waals surface area contributed by atoms with Gasteiger partial charge >= 0.3 is 12.1 Å². The summed E-state index contributed by atoms with van der Waals surface area (Å²) in [6.45, 7) is 0.702. The maximum atomic E-state index is 12.1. The summed E-state index contributed by atoms with van der Waals surface area (Å²) in [5.74, 6) is -2.68. The molecule has 1 heterocycles. The summed E-state index contributed by atoms with van der Waals surface area (Å²) in [5, 5.41) is 10.5. The molecule has 0 radical (unpaired) electrons. The van der Waals surface area contributed by atoms with Crippen LogP contribution in [0.15, 0.2) is 30.3 Å². The number of carbonyl (C=O) groups is 3. The van der Waals surface area contributed by atoms with Gasteiger partial charge in [0, 0.05) is 31.5 Å². The van der Waals surface area contributed by atoms with Crippen molar-refractivity contribution in [2.75, 3.05) is 20.6 Å². The van der Waals surface area contributed by atoms with E-state index >= 15 is 0 Å². The van der Waals surface area contributed by atoms with Crippen LogP contribution in [0.5, 0.6) is 0 Å². The Labute approximate surface area is 152 Å². The van der Waals surface area contributed by atoms with Gasteiger partial charge in [-0.3, -0.25) is 9.59 Å². The number of nitrogens with one attached hydrogen (secondary N) is 1. The van der Waals surface area contributed by atoms with Crippen molar-refractivity contribution in [2.24, 2.45) is 0 Å². The van der Waals surface area contributed by atoms with E-state index in [1.165, 1.54) is 11.8 Å². The van der Waals surface area contributed by atoms with Crippen molar-refractivity contribution < 1.29 is 32.7 Å². The van der Waals surface area contributed by atoms with E-state index in [9.17, 15) is 22.8 Å². The van der Waals surface area contributed by atoms with E-state index in [0.29, 0.717) is 13.0 Å². The van der Waals surface area contributed by atoms with Crippen molar-refractivity contribution in [1.82, 2.24) is 10.2 Å². The SMILES string of the molecule is CN(C)C(=O)[C@@H]1C[C@H](SC(=O)c2ccccc2)CN1.O=C(O)C(F)(F)F. The number of likely N-dealkylation sites (N-methyl/N-ethyl adjacent to an activating group) is 1. The second kappa shape index (κ2) is 9.58. The van der Waals surface area contributed by atoms with E-state index < -0.39 is 12.1 Å². The predicted octanol–water partition coefficient (Wildman–Crippen LogP) is 2.01. The summed E-state index contributed by atoms with van der Waals surface area (Å²) in [4.78, 5) is 34.3. The molecule has 10 heteroatoms. The summed E-state index contributed by atoms with van der Waals surface area (Å²) in [7, 11) is 3.50. The Morgan fingerprint density at radius 3 is 2.19 bits per heavy atom. The highest BCUT2D eigenvalue weighted by Gasteiger charge is 2.38. The van der Waals surface area contributed by atoms with Crippen LogP contribution in [0.25, 0.3) is 0 Å². The van der Waals surface area contributed by atoms with Crippen LogP contribution in [-0.2, 0) is 9.59 Å². The molecule has 0 bridgehead atoms. The Hall–Kier alpha value is -2.07. The minimum Gasteiger partial charge on any atom is -0.475 e. The lowest BCUT2D eigenvalue weighted by Crippen LogP contribution is -2.39. The van der Waals surface area contributed by atoms with Gasteiger partial charge in [-0.2, -0.15) is 13.2 Å². The predicted molar refractivity (Wildman–Crippen MR) is 90.9 cm³/mol. The molecule has 144 valence electrons. The summed E-state index contributed by atoms with van der Waals surface area (Å²) in [6, 6.07) is 9.10. The van der Waals surface area contributed by atoms with E-state index in [-0.39, 0.29) is 22.3 Å². The summed E-state index contributed by atoms with van der Waals surface area (Å²) < 4.78 is 31.7. The lowest BCUT2D eigenvalue weighted by molar-refractivity contribution is -0.192. The lowest BCUT2D eigenvalue weighted by Gasteiger charge is -2.15. The van der Waals surface area contributed by atoms with Crippen LogP contribution in [0.3, 0.4) is 0 Å². The van der Waals surface area contributed by atoms with Crippen LogP contribution < -0.4 is 5.32 Å². The second-order valence-electron chi connectivity index (χ2n) is 5.63. The number of carboxylic acid groups (broad SMARTS) is 1. The van der Waals surface area contributed by atoms with Crippen LogP contribution in [0.1, 0.15) is 16.8 Å². The standard InChI is InChI=1S/C14H18N2O2S.C2HF3O2/c1-16(2)13(17)12-8-11(9-15-12)19-14(18)10-6-4-3-5-7-10;3-2(4,5)1(6)7/h3-7,11-12,15H,8-9H2,1-2H3;(H,6,7)/t11-,12-;/m0./s1. The van der Waals surface area contributed by atoms with Crippen LogP contribution in [0.4, 0.5) is 13.2 Å². The van der Waals surface area contributed by atoms with Crippen molar-refractivity contribution >= 4 is 28.8 Å². The molecule has 0 aromatic heterocycles. The van der Waals surface area contributed by atoms with Crippen LogP contribution in [0.2, 0.25) is 0 Å². The molecule has 1 fully saturated rings. The maximum absolute atomic E-state index is 12.1. The van der Waals surface area contributed by atoms with Crippen molar-refractivity contribution in [3.8, 4) is 0 Å². The molecule has 1 aromatic carbocycles. The first-order chi connectivity index (χ1) is 12.0. The van der Waals surface area contributed by atoms with E-state index in [0.717, 1.165) is 5.56 Å². The number of hydrogen-bond acceptors (Lipinski definition) is 5. The molecule has 0 unspecified atom stereocenters. The number of hydrogen-bond donors (Lipinski definition) is 2. The molecule has 0 saturated carbocycles. The van der Waals surface area contributed by atoms with E-state index in [1.807, 2.05) is 30.3 Å². The van der Waals surface area contributed by atoms with Gasteiger partial charge in [0.05, 0.1) is 6.04 Å². The number of alkyl halides is 3. The Morgan fingerprint density at radius 2 is 1.73 bits per heavy atom. The highest BCUT2D eigenvalue weighted by molar-refractivity contribution is 8.14. The fourth-order valence-electron chi connectivity index (χ4n) is 2.09. The zero-order valence-corrected chi connectivity index (χ0v) is 14.9. The molecule has 2 rings (SSSR count). The monoisotopic (exact) mass is 392 g/mol. The highest BCUT2D eigenvalue weighted by atomic mass is 32.2. The third kappa shape index (κ3) is 7.04. The molecule has 2 atom stereocenters. The first-order valence-corrected chi connectivity index (χ1v) is 8.41. The molecule has 1 saturated heterocycles. The molecular weight excluding hydrogens is 373 g/mol. The van der Waals surface area contributed by atoms with Crippen LogP contribution >= 0.6 is 11.8 Å². The zero-order valence-electron chi connectivity index (χ0n) is 14.1. The van der Waals surface area contributed by atoms with Gasteiger partial charge in [-0.15, -0.1) is 0 Å². The van der Waals surface area contributed by atoms with E-state index in [2.05, 4.69) is 5.32 Å². The highest BCUT2D eigenvalue weighted by Crippen LogP contribution is 2.25. The van der Waals surface area contributed by atoms with Gasteiger partial charge in [-0.05, 0) is 6.42 Å². The molecule has 1 aliphatic rings. The average Bonchev–Trinajstić information content (AvgIpc) is 3.02. The fourth-order valence-corrected chi connectivity index (χ4v) is 3.13. The van der Waals surface area contributed by atoms with Gasteiger partial charge in [0.25, 0.3) is 0 Å². The second-order valence-corrected chi connectivity index (χ2v) is 6.90. The first-order valence-electron chi connectivity index (χ1n) is 7.53. The molecule has 1 aromatic rings. The van der Waals surface area contributed by atoms with Crippen molar-refractivity contribution in [2.45, 2.75) is 23.9 Å². The lowest BCUT2D eigenvalue weighted by atomic mass is 10.2. The Balaban J connectivity index is 0.000000412. The molecule has 26 heavy (non-hydrogen) atoms. The Morgan fingerprint density at radius 1 is 1.19 bits per heavy atom. The number of thioether (sulfide) groups is 1. The molecule has 6 nitrogen and oxygen atoms in total. The van der Waals surface area contributed by atoms with Crippen LogP contribution in [0, 0.1) is 0 Å². The molecule has 1 aliphatic heterocycles. The van der Waals surface area contributed by atoms with Crippen LogP contribution in [-0.4, -0.2) is 65.1 Å². The molecule has 2 N–H and O–H groups in total. The summed E-state index contributed by atoms with van der Waals surface area (Å²) >= 11 is 1.32. The molecule has 0 aliphatic carbocycles. The smallest absolute Gasteiger partial charge is 0.475 e. The number of nitrogens with zero attached hydrogens (tertiary/aromatic N) is 1. The Kier molecular flexibility index (Phi) is 8.09. The van der Waals surface area contributed by atoms with E-state index in [1.54, 1.807) is 19.0 Å². The number of carboxylic acids is 1. The maximum Gasteiger partial charge on any atom is 0.490 e. The number of halogens is 3. The van der Waals surface area contributed by atoms with Gasteiger partial charge < -0.3 is 15.3 Å². The van der Waals surface area contributed by atoms with Crippen molar-refractivity contribution in [1.29, 1.82) is 0 Å². The third-order valence-electron chi connectivity index (χ3n) is 3.36. The van der Waals surface area contributed by atoms with Gasteiger partial charge in [-0.1, -0.05) is 42.1 Å². The van der Waals surface area contributed by atoms with Crippen molar-refractivity contribution in [3.63, 3.8) is 0 Å². The number of benzene rings is 1. The quantitative estimate of drug-likeness (QED) is 0.819. The van der Waals surface area contributed by atoms with Crippen molar-refractivity contribution in [3.05, 3.63) is 35.9 Å². The number of aliphatic carboxylic acids is 1.